The number of nitro groups is 1. The largest absolute Gasteiger partial charge is 0.514 e. The Bertz CT molecular complexity index is 1610. The van der Waals surface area contributed by atoms with Crippen molar-refractivity contribution >= 4 is 40.6 Å². The van der Waals surface area contributed by atoms with Crippen LogP contribution in [0, 0.1) is 21.7 Å². The summed E-state index contributed by atoms with van der Waals surface area (Å²) in [6, 6.07) is 22.9. The number of nitrogens with zero attached hydrogens (tertiary/aromatic N) is 2. The quantitative estimate of drug-likeness (QED) is 0.0844. The third kappa shape index (κ3) is 7.19. The molecule has 0 radical (unpaired) electrons. The number of carbonyl (C=O) groups excluding carboxylic acids is 1. The Morgan fingerprint density at radius 2 is 1.37 bits per heavy atom. The fourth-order valence-corrected chi connectivity index (χ4v) is 5.35. The van der Waals surface area contributed by atoms with E-state index in [0.717, 1.165) is 22.8 Å². The summed E-state index contributed by atoms with van der Waals surface area (Å²) in [5.41, 5.74) is 3.30. The molecule has 0 spiro atoms. The highest BCUT2D eigenvalue weighted by molar-refractivity contribution is 6.30. The summed E-state index contributed by atoms with van der Waals surface area (Å²) < 4.78 is 39.4. The molecule has 5 rings (SSSR count). The van der Waals surface area contributed by atoms with Gasteiger partial charge in [0.1, 0.15) is 23.5 Å². The van der Waals surface area contributed by atoms with E-state index in [2.05, 4.69) is 4.90 Å². The van der Waals surface area contributed by atoms with Crippen molar-refractivity contribution in [3.05, 3.63) is 145 Å². The van der Waals surface area contributed by atoms with Crippen LogP contribution < -0.4 is 4.74 Å². The Morgan fingerprint density at radius 3 is 1.86 bits per heavy atom. The summed E-state index contributed by atoms with van der Waals surface area (Å²) in [6.45, 7) is 2.41. The second-order valence-corrected chi connectivity index (χ2v) is 10.8. The predicted molar refractivity (Wildman–Crippen MR) is 159 cm³/mol. The van der Waals surface area contributed by atoms with Gasteiger partial charge in [0.25, 0.3) is 5.69 Å². The van der Waals surface area contributed by atoms with Crippen molar-refractivity contribution < 1.29 is 28.0 Å². The summed E-state index contributed by atoms with van der Waals surface area (Å²) >= 11 is 12.3. The van der Waals surface area contributed by atoms with E-state index in [1.54, 1.807) is 6.92 Å². The minimum absolute atomic E-state index is 0.0393. The number of halogens is 4. The van der Waals surface area contributed by atoms with E-state index >= 15 is 0 Å². The SMILES string of the molecule is CC(OC(=O)Oc1ccc([N+](=O)[O-])cc1)C(=C1CN(C(c2ccc(Cl)cc2)c2ccc(Cl)cc2)C1)c1cc(F)cc(F)c1. The van der Waals surface area contributed by atoms with Crippen LogP contribution in [0.25, 0.3) is 5.57 Å². The van der Waals surface area contributed by atoms with Crippen molar-refractivity contribution in [3.63, 3.8) is 0 Å². The molecule has 0 saturated carbocycles. The maximum atomic E-state index is 14.3. The molecule has 0 aliphatic carbocycles. The molecule has 0 amide bonds. The van der Waals surface area contributed by atoms with Gasteiger partial charge >= 0.3 is 6.16 Å². The smallest absolute Gasteiger partial charge is 0.426 e. The van der Waals surface area contributed by atoms with E-state index in [0.29, 0.717) is 28.7 Å². The Kier molecular flexibility index (Phi) is 9.05. The van der Waals surface area contributed by atoms with Crippen molar-refractivity contribution in [2.24, 2.45) is 0 Å². The van der Waals surface area contributed by atoms with Gasteiger partial charge in [-0.2, -0.15) is 0 Å². The zero-order valence-electron chi connectivity index (χ0n) is 22.7. The molecular weight excluding hydrogens is 601 g/mol. The van der Waals surface area contributed by atoms with Gasteiger partial charge < -0.3 is 9.47 Å². The summed E-state index contributed by atoms with van der Waals surface area (Å²) in [7, 11) is 0. The fraction of sp³-hybridized carbons (Fsp3) is 0.156. The molecule has 1 fully saturated rings. The van der Waals surface area contributed by atoms with Crippen LogP contribution in [0.1, 0.15) is 29.7 Å². The predicted octanol–water partition coefficient (Wildman–Crippen LogP) is 8.64. The third-order valence-corrected chi connectivity index (χ3v) is 7.51. The van der Waals surface area contributed by atoms with Gasteiger partial charge in [0.05, 0.1) is 11.0 Å². The maximum absolute atomic E-state index is 14.3. The maximum Gasteiger partial charge on any atom is 0.514 e. The molecule has 7 nitrogen and oxygen atoms in total. The van der Waals surface area contributed by atoms with Crippen molar-refractivity contribution in [3.8, 4) is 5.75 Å². The van der Waals surface area contributed by atoms with Gasteiger partial charge in [-0.25, -0.2) is 13.6 Å². The lowest BCUT2D eigenvalue weighted by molar-refractivity contribution is -0.384. The van der Waals surface area contributed by atoms with Crippen LogP contribution in [0.3, 0.4) is 0 Å². The summed E-state index contributed by atoms with van der Waals surface area (Å²) in [5, 5.41) is 12.1. The zero-order chi connectivity index (χ0) is 30.7. The molecule has 0 N–H and O–H groups in total. The van der Waals surface area contributed by atoms with E-state index < -0.39 is 28.8 Å². The number of hydrogen-bond donors (Lipinski definition) is 0. The normalized spacial score (nSPS) is 13.8. The highest BCUT2D eigenvalue weighted by atomic mass is 35.5. The first-order valence-corrected chi connectivity index (χ1v) is 13.9. The van der Waals surface area contributed by atoms with Crippen LogP contribution in [0.4, 0.5) is 19.3 Å². The molecule has 11 heteroatoms. The molecule has 1 aliphatic heterocycles. The van der Waals surface area contributed by atoms with Crippen molar-refractivity contribution in [2.45, 2.75) is 19.1 Å². The van der Waals surface area contributed by atoms with Crippen LogP contribution in [0.5, 0.6) is 5.75 Å². The average Bonchev–Trinajstić information content (AvgIpc) is 2.93. The van der Waals surface area contributed by atoms with Crippen molar-refractivity contribution in [2.75, 3.05) is 13.1 Å². The first kappa shape index (κ1) is 30.2. The lowest BCUT2D eigenvalue weighted by Crippen LogP contribution is -2.44. The van der Waals surface area contributed by atoms with Crippen LogP contribution in [-0.4, -0.2) is 35.2 Å². The number of benzene rings is 4. The summed E-state index contributed by atoms with van der Waals surface area (Å²) in [6.07, 6.45) is -2.03. The van der Waals surface area contributed by atoms with Crippen molar-refractivity contribution in [1.82, 2.24) is 4.90 Å². The minimum atomic E-state index is -1.08. The molecule has 43 heavy (non-hydrogen) atoms. The lowest BCUT2D eigenvalue weighted by Gasteiger charge is -2.43. The number of carbonyl (C=O) groups is 1. The third-order valence-electron chi connectivity index (χ3n) is 7.01. The molecule has 4 aromatic carbocycles. The lowest BCUT2D eigenvalue weighted by atomic mass is 9.87. The molecule has 1 unspecified atom stereocenters. The van der Waals surface area contributed by atoms with Gasteiger partial charge in [0, 0.05) is 46.9 Å². The molecule has 4 aromatic rings. The highest BCUT2D eigenvalue weighted by Crippen LogP contribution is 2.39. The van der Waals surface area contributed by atoms with Crippen LogP contribution >= 0.6 is 23.2 Å². The molecule has 1 heterocycles. The van der Waals surface area contributed by atoms with Crippen LogP contribution in [-0.2, 0) is 4.74 Å². The van der Waals surface area contributed by atoms with Gasteiger partial charge in [-0.15, -0.1) is 0 Å². The molecule has 0 bridgehead atoms. The van der Waals surface area contributed by atoms with Crippen LogP contribution in [0.2, 0.25) is 10.0 Å². The number of ether oxygens (including phenoxy) is 2. The molecule has 1 saturated heterocycles. The summed E-state index contributed by atoms with van der Waals surface area (Å²) in [4.78, 5) is 25.1. The average molecular weight is 625 g/mol. The standard InChI is InChI=1S/C32H24Cl2F2N2O5/c1-19(42-32(39)43-29-12-10-28(11-13-29)38(40)41)30(22-14-26(35)16-27(36)15-22)23-17-37(18-23)31(20-2-6-24(33)7-3-20)21-4-8-25(34)9-5-21/h2-16,19,31H,17-18H2,1H3. The minimum Gasteiger partial charge on any atom is -0.426 e. The Balaban J connectivity index is 1.42. The van der Waals surface area contributed by atoms with E-state index in [-0.39, 0.29) is 23.0 Å². The first-order valence-electron chi connectivity index (χ1n) is 13.1. The molecule has 1 aliphatic rings. The number of likely N-dealkylation sites (tertiary alicyclic amines) is 1. The van der Waals surface area contributed by atoms with Gasteiger partial charge in [0.15, 0.2) is 0 Å². The van der Waals surface area contributed by atoms with E-state index in [1.807, 2.05) is 48.5 Å². The van der Waals surface area contributed by atoms with Gasteiger partial charge in [0.2, 0.25) is 0 Å². The highest BCUT2D eigenvalue weighted by Gasteiger charge is 2.34. The Morgan fingerprint density at radius 1 is 0.860 bits per heavy atom. The summed E-state index contributed by atoms with van der Waals surface area (Å²) in [5.74, 6) is -1.51. The van der Waals surface area contributed by atoms with Gasteiger partial charge in [-0.05, 0) is 77.7 Å². The van der Waals surface area contributed by atoms with Crippen molar-refractivity contribution in [1.29, 1.82) is 0 Å². The second-order valence-electron chi connectivity index (χ2n) is 9.95. The van der Waals surface area contributed by atoms with Gasteiger partial charge in [-0.3, -0.25) is 15.0 Å². The number of hydrogen-bond acceptors (Lipinski definition) is 6. The van der Waals surface area contributed by atoms with E-state index in [1.165, 1.54) is 36.4 Å². The van der Waals surface area contributed by atoms with Crippen LogP contribution in [0.15, 0.2) is 96.6 Å². The van der Waals surface area contributed by atoms with E-state index in [9.17, 15) is 23.7 Å². The number of nitro benzene ring substituents is 1. The molecule has 0 aromatic heterocycles. The molecule has 1 atom stereocenters. The Hall–Kier alpha value is -4.31. The first-order chi connectivity index (χ1) is 20.6. The zero-order valence-corrected chi connectivity index (χ0v) is 24.2. The Labute approximate surface area is 256 Å². The number of non-ortho nitro benzene ring substituents is 1. The topological polar surface area (TPSA) is 81.9 Å². The fourth-order valence-electron chi connectivity index (χ4n) is 5.10. The number of rotatable bonds is 8. The monoisotopic (exact) mass is 624 g/mol. The van der Waals surface area contributed by atoms with Gasteiger partial charge in [-0.1, -0.05) is 47.5 Å². The molecular formula is C32H24Cl2F2N2O5. The molecule has 220 valence electrons. The van der Waals surface area contributed by atoms with E-state index in [4.69, 9.17) is 32.7 Å². The second kappa shape index (κ2) is 12.9.